The molecular weight excluding hydrogens is 463 g/mol. The minimum atomic E-state index is -3.07. The summed E-state index contributed by atoms with van der Waals surface area (Å²) in [7, 11) is 0.258. The molecule has 0 fully saturated rings. The van der Waals surface area contributed by atoms with Gasteiger partial charge in [0.15, 0.2) is 17.1 Å². The molecule has 10 heteroatoms. The molecule has 25 heavy (non-hydrogen) atoms. The van der Waals surface area contributed by atoms with Gasteiger partial charge in [0.25, 0.3) is 5.92 Å². The van der Waals surface area contributed by atoms with E-state index < -0.39 is 16.7 Å². The van der Waals surface area contributed by atoms with Gasteiger partial charge >= 0.3 is 0 Å². The van der Waals surface area contributed by atoms with Crippen LogP contribution in [0.3, 0.4) is 0 Å². The molecule has 0 N–H and O–H groups in total. The molecule has 0 saturated carbocycles. The number of alkyl halides is 2. The zero-order valence-electron chi connectivity index (χ0n) is 13.6. The van der Waals surface area contributed by atoms with Gasteiger partial charge < -0.3 is 4.57 Å². The van der Waals surface area contributed by atoms with Crippen LogP contribution >= 0.6 is 22.6 Å². The molecule has 0 spiro atoms. The molecular formula is C15H14F2IN5OS. The van der Waals surface area contributed by atoms with Gasteiger partial charge in [-0.1, -0.05) is 6.92 Å². The van der Waals surface area contributed by atoms with Crippen LogP contribution in [-0.2, 0) is 23.8 Å². The second-order valence-electron chi connectivity index (χ2n) is 5.43. The summed E-state index contributed by atoms with van der Waals surface area (Å²) in [6.07, 6.45) is 2.70. The summed E-state index contributed by atoms with van der Waals surface area (Å²) in [5.41, 5.74) is 0.975. The van der Waals surface area contributed by atoms with Gasteiger partial charge in [-0.05, 0) is 28.7 Å². The molecule has 132 valence electrons. The number of aromatic nitrogens is 5. The summed E-state index contributed by atoms with van der Waals surface area (Å²) in [4.78, 5) is 17.4. The Kier molecular flexibility index (Phi) is 4.84. The third-order valence-electron chi connectivity index (χ3n) is 3.63. The van der Waals surface area contributed by atoms with Crippen molar-refractivity contribution in [1.29, 1.82) is 0 Å². The van der Waals surface area contributed by atoms with Crippen molar-refractivity contribution in [3.8, 4) is 11.5 Å². The van der Waals surface area contributed by atoms with Gasteiger partial charge in [-0.3, -0.25) is 9.19 Å². The van der Waals surface area contributed by atoms with Crippen LogP contribution in [0.25, 0.3) is 22.8 Å². The maximum absolute atomic E-state index is 13.6. The van der Waals surface area contributed by atoms with Crippen LogP contribution in [-0.4, -0.2) is 34.5 Å². The minimum Gasteiger partial charge on any atom is -0.309 e. The highest BCUT2D eigenvalue weighted by molar-refractivity contribution is 14.1. The SMILES string of the molecule is CCS(=O)c1cc(C(C)(F)F)cnc1-c1nc2nc(I)cnc2n1C. The highest BCUT2D eigenvalue weighted by atomic mass is 127. The molecule has 3 rings (SSSR count). The van der Waals surface area contributed by atoms with E-state index in [1.807, 2.05) is 22.6 Å². The van der Waals surface area contributed by atoms with Gasteiger partial charge in [0.05, 0.1) is 21.9 Å². The van der Waals surface area contributed by atoms with E-state index in [0.717, 1.165) is 13.1 Å². The summed E-state index contributed by atoms with van der Waals surface area (Å²) in [5, 5.41) is 0. The normalized spacial score (nSPS) is 13.4. The molecule has 0 saturated heterocycles. The summed E-state index contributed by atoms with van der Waals surface area (Å²) < 4.78 is 42.1. The van der Waals surface area contributed by atoms with Gasteiger partial charge in [-0.15, -0.1) is 0 Å². The first-order valence-electron chi connectivity index (χ1n) is 7.34. The van der Waals surface area contributed by atoms with Crippen molar-refractivity contribution in [1.82, 2.24) is 24.5 Å². The lowest BCUT2D eigenvalue weighted by atomic mass is 10.1. The van der Waals surface area contributed by atoms with E-state index >= 15 is 0 Å². The molecule has 0 aromatic carbocycles. The Balaban J connectivity index is 2.26. The van der Waals surface area contributed by atoms with Crippen LogP contribution in [0, 0.1) is 3.70 Å². The van der Waals surface area contributed by atoms with Crippen LogP contribution < -0.4 is 0 Å². The number of hydrogen-bond acceptors (Lipinski definition) is 5. The molecule has 0 bridgehead atoms. The Labute approximate surface area is 158 Å². The van der Waals surface area contributed by atoms with Crippen LogP contribution in [0.2, 0.25) is 0 Å². The van der Waals surface area contributed by atoms with E-state index in [1.54, 1.807) is 24.7 Å². The number of rotatable bonds is 4. The molecule has 1 unspecified atom stereocenters. The van der Waals surface area contributed by atoms with Gasteiger partial charge in [0, 0.05) is 31.5 Å². The molecule has 1 atom stereocenters. The Morgan fingerprint density at radius 1 is 1.28 bits per heavy atom. The third-order valence-corrected chi connectivity index (χ3v) is 5.48. The number of hydrogen-bond donors (Lipinski definition) is 0. The largest absolute Gasteiger partial charge is 0.309 e. The van der Waals surface area contributed by atoms with Crippen molar-refractivity contribution < 1.29 is 13.0 Å². The number of fused-ring (bicyclic) bond motifs is 1. The molecule has 0 radical (unpaired) electrons. The second-order valence-corrected chi connectivity index (χ2v) is 8.24. The first kappa shape index (κ1) is 18.2. The molecule has 3 aromatic rings. The highest BCUT2D eigenvalue weighted by Gasteiger charge is 2.28. The molecule has 0 amide bonds. The van der Waals surface area contributed by atoms with E-state index in [0.29, 0.717) is 26.5 Å². The minimum absolute atomic E-state index is 0.231. The molecule has 6 nitrogen and oxygen atoms in total. The van der Waals surface area contributed by atoms with Crippen LogP contribution in [0.4, 0.5) is 8.78 Å². The van der Waals surface area contributed by atoms with Crippen LogP contribution in [0.1, 0.15) is 19.4 Å². The lowest BCUT2D eigenvalue weighted by Gasteiger charge is -2.14. The smallest absolute Gasteiger partial charge is 0.272 e. The standard InChI is InChI=1S/C15H14F2IN5OS/c1-4-25(24)9-5-8(15(2,16)17)6-19-11(9)13-22-12-14(23(13)3)20-7-10(18)21-12/h5-7H,4H2,1-3H3. The Bertz CT molecular complexity index is 986. The monoisotopic (exact) mass is 477 g/mol. The number of aryl methyl sites for hydroxylation is 1. The van der Waals surface area contributed by atoms with Crippen molar-refractivity contribution in [3.63, 3.8) is 0 Å². The quantitative estimate of drug-likeness (QED) is 0.540. The van der Waals surface area contributed by atoms with E-state index in [-0.39, 0.29) is 16.2 Å². The summed E-state index contributed by atoms with van der Waals surface area (Å²) in [6, 6.07) is 1.24. The first-order chi connectivity index (χ1) is 11.7. The predicted molar refractivity (Wildman–Crippen MR) is 98.8 cm³/mol. The fourth-order valence-corrected chi connectivity index (χ4v) is 3.63. The van der Waals surface area contributed by atoms with E-state index in [9.17, 15) is 13.0 Å². The zero-order valence-corrected chi connectivity index (χ0v) is 16.6. The van der Waals surface area contributed by atoms with Gasteiger partial charge in [0.1, 0.15) is 9.39 Å². The average Bonchev–Trinajstić information content (AvgIpc) is 2.88. The molecule has 3 aromatic heterocycles. The molecule has 3 heterocycles. The topological polar surface area (TPSA) is 73.6 Å². The Morgan fingerprint density at radius 2 is 2.00 bits per heavy atom. The predicted octanol–water partition coefficient (Wildman–Crippen LogP) is 3.27. The maximum Gasteiger partial charge on any atom is 0.272 e. The lowest BCUT2D eigenvalue weighted by molar-refractivity contribution is 0.0169. The van der Waals surface area contributed by atoms with E-state index in [2.05, 4.69) is 19.9 Å². The highest BCUT2D eigenvalue weighted by Crippen LogP contribution is 2.32. The molecule has 0 aliphatic rings. The summed E-state index contributed by atoms with van der Waals surface area (Å²) >= 11 is 2.03. The van der Waals surface area contributed by atoms with Gasteiger partial charge in [-0.2, -0.15) is 0 Å². The Morgan fingerprint density at radius 3 is 2.64 bits per heavy atom. The van der Waals surface area contributed by atoms with Gasteiger partial charge in [0.2, 0.25) is 0 Å². The van der Waals surface area contributed by atoms with Gasteiger partial charge in [-0.25, -0.2) is 23.7 Å². The average molecular weight is 477 g/mol. The fraction of sp³-hybridized carbons (Fsp3) is 0.333. The lowest BCUT2D eigenvalue weighted by Crippen LogP contribution is -2.11. The first-order valence-corrected chi connectivity index (χ1v) is 9.74. The fourth-order valence-electron chi connectivity index (χ4n) is 2.33. The van der Waals surface area contributed by atoms with E-state index in [1.165, 1.54) is 6.07 Å². The van der Waals surface area contributed by atoms with E-state index in [4.69, 9.17) is 0 Å². The Hall–Kier alpha value is -1.56. The van der Waals surface area contributed by atoms with Crippen molar-refractivity contribution in [3.05, 3.63) is 27.7 Å². The second kappa shape index (κ2) is 6.63. The summed E-state index contributed by atoms with van der Waals surface area (Å²) in [5.74, 6) is -2.39. The maximum atomic E-state index is 13.6. The van der Waals surface area contributed by atoms with Crippen molar-refractivity contribution in [2.45, 2.75) is 24.7 Å². The number of halogens is 3. The number of imidazole rings is 1. The van der Waals surface area contributed by atoms with Crippen molar-refractivity contribution >= 4 is 44.7 Å². The number of pyridine rings is 1. The van der Waals surface area contributed by atoms with Crippen molar-refractivity contribution in [2.75, 3.05) is 5.75 Å². The van der Waals surface area contributed by atoms with Crippen molar-refractivity contribution in [2.24, 2.45) is 7.05 Å². The number of nitrogens with zero attached hydrogens (tertiary/aromatic N) is 5. The zero-order chi connectivity index (χ0) is 18.4. The summed E-state index contributed by atoms with van der Waals surface area (Å²) in [6.45, 7) is 2.50. The molecule has 0 aliphatic heterocycles. The third kappa shape index (κ3) is 3.41. The molecule has 0 aliphatic carbocycles. The van der Waals surface area contributed by atoms with Crippen LogP contribution in [0.5, 0.6) is 0 Å². The van der Waals surface area contributed by atoms with Crippen LogP contribution in [0.15, 0.2) is 23.4 Å².